The summed E-state index contributed by atoms with van der Waals surface area (Å²) in [5.41, 5.74) is 1.18. The Hall–Kier alpha value is -2.08. The Morgan fingerprint density at radius 3 is 2.81 bits per heavy atom. The fraction of sp³-hybridized carbons (Fsp3) is 0.600. The molecule has 0 spiro atoms. The average molecular weight is 358 g/mol. The van der Waals surface area contributed by atoms with Crippen LogP contribution >= 0.6 is 0 Å². The predicted molar refractivity (Wildman–Crippen MR) is 98.0 cm³/mol. The number of ether oxygens (including phenoxy) is 1. The first-order valence-corrected chi connectivity index (χ1v) is 9.68. The molecule has 1 aromatic carbocycles. The zero-order chi connectivity index (χ0) is 17.9. The summed E-state index contributed by atoms with van der Waals surface area (Å²) < 4.78 is 12.6. The van der Waals surface area contributed by atoms with E-state index in [2.05, 4.69) is 0 Å². The van der Waals surface area contributed by atoms with Crippen molar-refractivity contribution in [2.75, 3.05) is 19.7 Å². The van der Waals surface area contributed by atoms with Crippen molar-refractivity contribution in [3.8, 4) is 0 Å². The highest BCUT2D eigenvalue weighted by Crippen LogP contribution is 2.29. The highest BCUT2D eigenvalue weighted by Gasteiger charge is 2.28. The van der Waals surface area contributed by atoms with E-state index in [1.165, 1.54) is 36.7 Å². The van der Waals surface area contributed by atoms with Crippen molar-refractivity contribution < 1.29 is 13.9 Å². The van der Waals surface area contributed by atoms with Gasteiger partial charge in [-0.15, -0.1) is 0 Å². The molecule has 1 saturated heterocycles. The van der Waals surface area contributed by atoms with Crippen LogP contribution in [0.25, 0.3) is 11.1 Å². The molecule has 0 unspecified atom stereocenters. The summed E-state index contributed by atoms with van der Waals surface area (Å²) in [6.45, 7) is 1.81. The van der Waals surface area contributed by atoms with Gasteiger partial charge in [-0.25, -0.2) is 4.79 Å². The number of carbonyl (C=O) groups excluding carboxylic acids is 1. The maximum absolute atomic E-state index is 12.8. The van der Waals surface area contributed by atoms with Gasteiger partial charge in [0.05, 0.1) is 18.2 Å². The lowest BCUT2D eigenvalue weighted by atomic mass is 9.85. The summed E-state index contributed by atoms with van der Waals surface area (Å²) in [6.07, 6.45) is 7.70. The number of nitrogens with zero attached hydrogens (tertiary/aromatic N) is 2. The smallest absolute Gasteiger partial charge is 0.408 e. The van der Waals surface area contributed by atoms with Gasteiger partial charge in [0.15, 0.2) is 5.58 Å². The minimum absolute atomic E-state index is 0.0198. The number of benzene rings is 1. The molecule has 2 heterocycles. The molecule has 0 bridgehead atoms. The van der Waals surface area contributed by atoms with E-state index in [4.69, 9.17) is 9.15 Å². The van der Waals surface area contributed by atoms with Crippen molar-refractivity contribution in [3.05, 3.63) is 34.8 Å². The van der Waals surface area contributed by atoms with Crippen molar-refractivity contribution in [1.82, 2.24) is 9.47 Å². The van der Waals surface area contributed by atoms with Gasteiger partial charge < -0.3 is 14.1 Å². The van der Waals surface area contributed by atoms with Crippen molar-refractivity contribution in [3.63, 3.8) is 0 Å². The number of oxazole rings is 1. The van der Waals surface area contributed by atoms with E-state index in [1.54, 1.807) is 12.1 Å². The van der Waals surface area contributed by atoms with Gasteiger partial charge in [0.25, 0.3) is 0 Å². The molecule has 2 fully saturated rings. The molecule has 6 heteroatoms. The summed E-state index contributed by atoms with van der Waals surface area (Å²) in [6, 6.07) is 7.20. The van der Waals surface area contributed by atoms with Crippen LogP contribution in [0, 0.1) is 5.92 Å². The number of hydrogen-bond acceptors (Lipinski definition) is 4. The second-order valence-corrected chi connectivity index (χ2v) is 7.49. The third-order valence-electron chi connectivity index (χ3n) is 5.68. The number of fused-ring (bicyclic) bond motifs is 1. The molecule has 4 rings (SSSR count). The number of morpholine rings is 1. The first-order chi connectivity index (χ1) is 12.7. The third-order valence-corrected chi connectivity index (χ3v) is 5.68. The van der Waals surface area contributed by atoms with Crippen molar-refractivity contribution >= 4 is 17.0 Å². The summed E-state index contributed by atoms with van der Waals surface area (Å²) in [4.78, 5) is 26.7. The minimum Gasteiger partial charge on any atom is -0.408 e. The Balaban J connectivity index is 1.40. The van der Waals surface area contributed by atoms with Gasteiger partial charge in [-0.3, -0.25) is 9.36 Å². The fourth-order valence-corrected chi connectivity index (χ4v) is 4.28. The minimum atomic E-state index is -0.480. The molecule has 0 N–H and O–H groups in total. The van der Waals surface area contributed by atoms with E-state index in [1.807, 2.05) is 17.0 Å². The first-order valence-electron chi connectivity index (χ1n) is 9.68. The Morgan fingerprint density at radius 2 is 1.96 bits per heavy atom. The van der Waals surface area contributed by atoms with E-state index in [9.17, 15) is 9.59 Å². The molecule has 1 atom stereocenters. The first kappa shape index (κ1) is 17.3. The number of rotatable bonds is 4. The molecule has 2 aliphatic rings. The zero-order valence-corrected chi connectivity index (χ0v) is 15.1. The molecule has 1 aliphatic carbocycles. The van der Waals surface area contributed by atoms with Gasteiger partial charge in [0.2, 0.25) is 5.91 Å². The van der Waals surface area contributed by atoms with Gasteiger partial charge >= 0.3 is 5.76 Å². The van der Waals surface area contributed by atoms with Crippen LogP contribution < -0.4 is 5.76 Å². The molecule has 26 heavy (non-hydrogen) atoms. The van der Waals surface area contributed by atoms with Crippen LogP contribution in [0.4, 0.5) is 0 Å². The molecule has 1 saturated carbocycles. The van der Waals surface area contributed by atoms with E-state index in [0.717, 1.165) is 12.3 Å². The van der Waals surface area contributed by atoms with Crippen LogP contribution in [0.3, 0.4) is 0 Å². The Morgan fingerprint density at radius 1 is 1.15 bits per heavy atom. The Labute approximate surface area is 152 Å². The summed E-state index contributed by atoms with van der Waals surface area (Å²) in [7, 11) is 0. The van der Waals surface area contributed by atoms with Crippen LogP contribution in [0.15, 0.2) is 33.5 Å². The van der Waals surface area contributed by atoms with Gasteiger partial charge in [0, 0.05) is 13.1 Å². The van der Waals surface area contributed by atoms with Crippen LogP contribution in [-0.4, -0.2) is 41.2 Å². The SMILES string of the molecule is O=C(Cn1c(=O)oc2ccccc21)N1CCO[C@@H](CC2CCCCC2)C1. The molecule has 2 aromatic rings. The van der Waals surface area contributed by atoms with Gasteiger partial charge in [-0.05, 0) is 24.5 Å². The maximum atomic E-state index is 12.8. The predicted octanol–water partition coefficient (Wildman–Crippen LogP) is 2.79. The lowest BCUT2D eigenvalue weighted by Crippen LogP contribution is -2.47. The molecular formula is C20H26N2O4. The lowest BCUT2D eigenvalue weighted by Gasteiger charge is -2.35. The number of carbonyl (C=O) groups is 1. The average Bonchev–Trinajstić information content (AvgIpc) is 2.98. The summed E-state index contributed by atoms with van der Waals surface area (Å²) >= 11 is 0. The normalized spacial score (nSPS) is 22.0. The fourth-order valence-electron chi connectivity index (χ4n) is 4.28. The van der Waals surface area contributed by atoms with E-state index >= 15 is 0 Å². The molecule has 1 aromatic heterocycles. The van der Waals surface area contributed by atoms with Crippen LogP contribution in [0.5, 0.6) is 0 Å². The summed E-state index contributed by atoms with van der Waals surface area (Å²) in [5.74, 6) is 0.200. The largest absolute Gasteiger partial charge is 0.420 e. The van der Waals surface area contributed by atoms with E-state index in [0.29, 0.717) is 30.8 Å². The van der Waals surface area contributed by atoms with Gasteiger partial charge in [-0.1, -0.05) is 44.2 Å². The molecule has 6 nitrogen and oxygen atoms in total. The topological polar surface area (TPSA) is 64.7 Å². The Bertz CT molecular complexity index is 819. The second-order valence-electron chi connectivity index (χ2n) is 7.49. The third kappa shape index (κ3) is 3.70. The molecule has 1 aliphatic heterocycles. The summed E-state index contributed by atoms with van der Waals surface area (Å²) in [5, 5.41) is 0. The van der Waals surface area contributed by atoms with Crippen LogP contribution in [-0.2, 0) is 16.1 Å². The van der Waals surface area contributed by atoms with E-state index < -0.39 is 5.76 Å². The zero-order valence-electron chi connectivity index (χ0n) is 15.1. The number of para-hydroxylation sites is 2. The standard InChI is InChI=1S/C20H26N2O4/c23-19(14-22-17-8-4-5-9-18(17)26-20(22)24)21-10-11-25-16(13-21)12-15-6-2-1-3-7-15/h4-5,8-9,15-16H,1-3,6-7,10-14H2/t16-/m0/s1. The Kier molecular flexibility index (Phi) is 5.11. The number of hydrogen-bond donors (Lipinski definition) is 0. The molecule has 1 amide bonds. The number of aromatic nitrogens is 1. The monoisotopic (exact) mass is 358 g/mol. The molecule has 0 radical (unpaired) electrons. The second kappa shape index (κ2) is 7.66. The quantitative estimate of drug-likeness (QED) is 0.843. The highest BCUT2D eigenvalue weighted by molar-refractivity contribution is 5.79. The molecular weight excluding hydrogens is 332 g/mol. The van der Waals surface area contributed by atoms with Crippen molar-refractivity contribution in [2.45, 2.75) is 51.2 Å². The van der Waals surface area contributed by atoms with E-state index in [-0.39, 0.29) is 18.6 Å². The number of amides is 1. The van der Waals surface area contributed by atoms with Gasteiger partial charge in [0.1, 0.15) is 6.54 Å². The van der Waals surface area contributed by atoms with Crippen molar-refractivity contribution in [1.29, 1.82) is 0 Å². The van der Waals surface area contributed by atoms with Crippen LogP contribution in [0.2, 0.25) is 0 Å². The van der Waals surface area contributed by atoms with Crippen molar-refractivity contribution in [2.24, 2.45) is 5.92 Å². The van der Waals surface area contributed by atoms with Crippen LogP contribution in [0.1, 0.15) is 38.5 Å². The lowest BCUT2D eigenvalue weighted by molar-refractivity contribution is -0.140. The van der Waals surface area contributed by atoms with Gasteiger partial charge in [-0.2, -0.15) is 0 Å². The highest BCUT2D eigenvalue weighted by atomic mass is 16.5. The maximum Gasteiger partial charge on any atom is 0.420 e. The molecule has 140 valence electrons.